The SMILES string of the molecule is CC(CC1CCCCN1)NC1CNC(=O)C1. The Kier molecular flexibility index (Phi) is 4.18. The zero-order valence-corrected chi connectivity index (χ0v) is 10.1. The molecule has 16 heavy (non-hydrogen) atoms. The average molecular weight is 225 g/mol. The smallest absolute Gasteiger partial charge is 0.221 e. The van der Waals surface area contributed by atoms with Crippen molar-refractivity contribution in [2.24, 2.45) is 0 Å². The predicted molar refractivity (Wildman–Crippen MR) is 64.3 cm³/mol. The normalized spacial score (nSPS) is 32.4. The first-order valence-electron chi connectivity index (χ1n) is 6.50. The van der Waals surface area contributed by atoms with Crippen LogP contribution in [0.15, 0.2) is 0 Å². The third-order valence-corrected chi connectivity index (χ3v) is 3.55. The summed E-state index contributed by atoms with van der Waals surface area (Å²) in [6.07, 6.45) is 5.79. The molecule has 2 aliphatic rings. The van der Waals surface area contributed by atoms with Crippen molar-refractivity contribution in [1.82, 2.24) is 16.0 Å². The maximum Gasteiger partial charge on any atom is 0.221 e. The van der Waals surface area contributed by atoms with Crippen LogP contribution in [0.3, 0.4) is 0 Å². The van der Waals surface area contributed by atoms with Crippen LogP contribution < -0.4 is 16.0 Å². The van der Waals surface area contributed by atoms with Gasteiger partial charge in [0.1, 0.15) is 0 Å². The van der Waals surface area contributed by atoms with Gasteiger partial charge in [0.05, 0.1) is 0 Å². The summed E-state index contributed by atoms with van der Waals surface area (Å²) < 4.78 is 0. The van der Waals surface area contributed by atoms with E-state index in [1.165, 1.54) is 32.2 Å². The topological polar surface area (TPSA) is 53.2 Å². The highest BCUT2D eigenvalue weighted by molar-refractivity contribution is 5.78. The van der Waals surface area contributed by atoms with Crippen molar-refractivity contribution < 1.29 is 4.79 Å². The predicted octanol–water partition coefficient (Wildman–Crippen LogP) is 0.385. The molecular formula is C12H23N3O. The van der Waals surface area contributed by atoms with Gasteiger partial charge in [0.15, 0.2) is 0 Å². The van der Waals surface area contributed by atoms with Crippen LogP contribution in [0.2, 0.25) is 0 Å². The van der Waals surface area contributed by atoms with Gasteiger partial charge in [-0.05, 0) is 32.7 Å². The van der Waals surface area contributed by atoms with Gasteiger partial charge < -0.3 is 16.0 Å². The lowest BCUT2D eigenvalue weighted by molar-refractivity contribution is -0.119. The summed E-state index contributed by atoms with van der Waals surface area (Å²) in [6.45, 7) is 4.18. The van der Waals surface area contributed by atoms with Gasteiger partial charge in [-0.25, -0.2) is 0 Å². The quantitative estimate of drug-likeness (QED) is 0.648. The maximum absolute atomic E-state index is 11.1. The van der Waals surface area contributed by atoms with Gasteiger partial charge in [-0.2, -0.15) is 0 Å². The Bertz CT molecular complexity index is 238. The van der Waals surface area contributed by atoms with Gasteiger partial charge in [0, 0.05) is 31.1 Å². The Hall–Kier alpha value is -0.610. The van der Waals surface area contributed by atoms with E-state index in [-0.39, 0.29) is 5.91 Å². The van der Waals surface area contributed by atoms with E-state index in [1.54, 1.807) is 0 Å². The molecule has 2 saturated heterocycles. The summed E-state index contributed by atoms with van der Waals surface area (Å²) >= 11 is 0. The first-order chi connectivity index (χ1) is 7.74. The van der Waals surface area contributed by atoms with E-state index in [2.05, 4.69) is 22.9 Å². The summed E-state index contributed by atoms with van der Waals surface area (Å²) in [7, 11) is 0. The van der Waals surface area contributed by atoms with Crippen molar-refractivity contribution in [3.63, 3.8) is 0 Å². The minimum Gasteiger partial charge on any atom is -0.354 e. The lowest BCUT2D eigenvalue weighted by Crippen LogP contribution is -2.43. The molecular weight excluding hydrogens is 202 g/mol. The Morgan fingerprint density at radius 1 is 1.50 bits per heavy atom. The highest BCUT2D eigenvalue weighted by atomic mass is 16.1. The van der Waals surface area contributed by atoms with Gasteiger partial charge in [0.2, 0.25) is 5.91 Å². The second-order valence-electron chi connectivity index (χ2n) is 5.16. The minimum absolute atomic E-state index is 0.181. The number of amides is 1. The number of carbonyl (C=O) groups is 1. The van der Waals surface area contributed by atoms with Gasteiger partial charge in [-0.1, -0.05) is 6.42 Å². The maximum atomic E-state index is 11.1. The molecule has 0 aliphatic carbocycles. The largest absolute Gasteiger partial charge is 0.354 e. The zero-order valence-electron chi connectivity index (χ0n) is 10.1. The number of carbonyl (C=O) groups excluding carboxylic acids is 1. The fourth-order valence-electron chi connectivity index (χ4n) is 2.75. The summed E-state index contributed by atoms with van der Waals surface area (Å²) in [6, 6.07) is 1.50. The molecule has 0 saturated carbocycles. The molecule has 0 bridgehead atoms. The molecule has 3 N–H and O–H groups in total. The van der Waals surface area contributed by atoms with Crippen molar-refractivity contribution in [2.45, 2.75) is 57.2 Å². The second-order valence-corrected chi connectivity index (χ2v) is 5.16. The van der Waals surface area contributed by atoms with Crippen molar-refractivity contribution in [2.75, 3.05) is 13.1 Å². The first kappa shape index (κ1) is 11.9. The molecule has 0 radical (unpaired) electrons. The van der Waals surface area contributed by atoms with Crippen molar-refractivity contribution in [3.8, 4) is 0 Å². The number of nitrogens with one attached hydrogen (secondary N) is 3. The van der Waals surface area contributed by atoms with E-state index < -0.39 is 0 Å². The summed E-state index contributed by atoms with van der Waals surface area (Å²) in [5, 5.41) is 9.96. The van der Waals surface area contributed by atoms with Gasteiger partial charge in [-0.3, -0.25) is 4.79 Å². The summed E-state index contributed by atoms with van der Waals surface area (Å²) in [5.74, 6) is 0.181. The highest BCUT2D eigenvalue weighted by Gasteiger charge is 2.23. The summed E-state index contributed by atoms with van der Waals surface area (Å²) in [5.41, 5.74) is 0. The fourth-order valence-corrected chi connectivity index (χ4v) is 2.75. The lowest BCUT2D eigenvalue weighted by Gasteiger charge is -2.27. The third-order valence-electron chi connectivity index (χ3n) is 3.55. The third kappa shape index (κ3) is 3.46. The van der Waals surface area contributed by atoms with Gasteiger partial charge in [0.25, 0.3) is 0 Å². The van der Waals surface area contributed by atoms with Crippen LogP contribution in [0.5, 0.6) is 0 Å². The standard InChI is InChI=1S/C12H23N3O/c1-9(6-10-4-2-3-5-13-10)15-11-7-12(16)14-8-11/h9-11,13,15H,2-8H2,1H3,(H,14,16). The molecule has 2 aliphatic heterocycles. The molecule has 0 spiro atoms. The molecule has 0 aromatic rings. The molecule has 2 heterocycles. The minimum atomic E-state index is 0.181. The Morgan fingerprint density at radius 2 is 2.38 bits per heavy atom. The summed E-state index contributed by atoms with van der Waals surface area (Å²) in [4.78, 5) is 11.1. The van der Waals surface area contributed by atoms with E-state index in [4.69, 9.17) is 0 Å². The molecule has 2 rings (SSSR count). The zero-order chi connectivity index (χ0) is 11.4. The molecule has 2 fully saturated rings. The number of hydrogen-bond donors (Lipinski definition) is 3. The average Bonchev–Trinajstić information content (AvgIpc) is 2.65. The number of piperidine rings is 1. The fraction of sp³-hybridized carbons (Fsp3) is 0.917. The van der Waals surface area contributed by atoms with E-state index in [0.717, 1.165) is 6.54 Å². The van der Waals surface area contributed by atoms with E-state index in [1.807, 2.05) is 0 Å². The van der Waals surface area contributed by atoms with E-state index in [0.29, 0.717) is 24.5 Å². The molecule has 92 valence electrons. The number of rotatable bonds is 4. The van der Waals surface area contributed by atoms with Crippen LogP contribution in [0.25, 0.3) is 0 Å². The Morgan fingerprint density at radius 3 is 3.00 bits per heavy atom. The molecule has 3 unspecified atom stereocenters. The van der Waals surface area contributed by atoms with Crippen LogP contribution in [-0.4, -0.2) is 37.1 Å². The molecule has 4 nitrogen and oxygen atoms in total. The monoisotopic (exact) mass is 225 g/mol. The molecule has 4 heteroatoms. The molecule has 3 atom stereocenters. The number of hydrogen-bond acceptors (Lipinski definition) is 3. The molecule has 0 aromatic carbocycles. The lowest BCUT2D eigenvalue weighted by atomic mass is 9.98. The highest BCUT2D eigenvalue weighted by Crippen LogP contribution is 2.12. The van der Waals surface area contributed by atoms with Crippen LogP contribution in [0.1, 0.15) is 39.0 Å². The van der Waals surface area contributed by atoms with Gasteiger partial charge >= 0.3 is 0 Å². The first-order valence-corrected chi connectivity index (χ1v) is 6.50. The van der Waals surface area contributed by atoms with Crippen molar-refractivity contribution in [1.29, 1.82) is 0 Å². The second kappa shape index (κ2) is 5.64. The van der Waals surface area contributed by atoms with Crippen LogP contribution in [0.4, 0.5) is 0 Å². The van der Waals surface area contributed by atoms with Crippen LogP contribution >= 0.6 is 0 Å². The Labute approximate surface area is 97.6 Å². The Balaban J connectivity index is 1.67. The van der Waals surface area contributed by atoms with E-state index >= 15 is 0 Å². The molecule has 0 aromatic heterocycles. The van der Waals surface area contributed by atoms with Crippen LogP contribution in [-0.2, 0) is 4.79 Å². The van der Waals surface area contributed by atoms with Gasteiger partial charge in [-0.15, -0.1) is 0 Å². The van der Waals surface area contributed by atoms with Crippen molar-refractivity contribution >= 4 is 5.91 Å². The van der Waals surface area contributed by atoms with Crippen molar-refractivity contribution in [3.05, 3.63) is 0 Å². The van der Waals surface area contributed by atoms with E-state index in [9.17, 15) is 4.79 Å². The molecule has 1 amide bonds. The van der Waals surface area contributed by atoms with Crippen LogP contribution in [0, 0.1) is 0 Å².